The first-order valence-corrected chi connectivity index (χ1v) is 12.1. The molecule has 6 nitrogen and oxygen atoms in total. The highest BCUT2D eigenvalue weighted by Crippen LogP contribution is 2.36. The topological polar surface area (TPSA) is 72.9 Å². The van der Waals surface area contributed by atoms with Gasteiger partial charge in [0, 0.05) is 15.1 Å². The Kier molecular flexibility index (Phi) is 7.59. The maximum Gasteiger partial charge on any atom is 0.343 e. The summed E-state index contributed by atoms with van der Waals surface area (Å²) in [5.74, 6) is -1.27. The molecule has 3 aromatic rings. The summed E-state index contributed by atoms with van der Waals surface area (Å²) >= 11 is 10.1. The van der Waals surface area contributed by atoms with E-state index in [2.05, 4.69) is 15.9 Å². The van der Waals surface area contributed by atoms with Gasteiger partial charge in [0.15, 0.2) is 11.5 Å². The van der Waals surface area contributed by atoms with Crippen molar-refractivity contribution in [2.75, 3.05) is 7.11 Å². The van der Waals surface area contributed by atoms with Crippen LogP contribution in [0.5, 0.6) is 11.5 Å². The van der Waals surface area contributed by atoms with Crippen molar-refractivity contribution in [3.05, 3.63) is 97.6 Å². The van der Waals surface area contributed by atoms with Gasteiger partial charge in [-0.25, -0.2) is 9.18 Å². The summed E-state index contributed by atoms with van der Waals surface area (Å²) in [6, 6.07) is 15.6. The molecule has 1 aliphatic rings. The van der Waals surface area contributed by atoms with Gasteiger partial charge in [-0.1, -0.05) is 45.7 Å². The molecule has 1 saturated heterocycles. The summed E-state index contributed by atoms with van der Waals surface area (Å²) in [6.45, 7) is -0.276. The molecular weight excluding hydrogens is 561 g/mol. The standard InChI is InChI=1S/C25H16BrClFNO5S/c1-33-21-10-14(8-9-20(21)34-24(31)15-4-2-5-16(26)12-15)11-22-23(30)29(25(32)35-22)13-17-18(27)6-3-7-19(17)28/h2-12H,13H2,1H3/b22-11-. The Morgan fingerprint density at radius 3 is 2.60 bits per heavy atom. The predicted molar refractivity (Wildman–Crippen MR) is 135 cm³/mol. The Balaban J connectivity index is 1.54. The fraction of sp³-hybridized carbons (Fsp3) is 0.0800. The van der Waals surface area contributed by atoms with Gasteiger partial charge in [0.05, 0.1) is 24.1 Å². The molecule has 4 rings (SSSR count). The SMILES string of the molecule is COc1cc(/C=C2\SC(=O)N(Cc3c(F)cccc3Cl)C2=O)ccc1OC(=O)c1cccc(Br)c1. The molecule has 1 aliphatic heterocycles. The van der Waals surface area contributed by atoms with Crippen LogP contribution in [0, 0.1) is 5.82 Å². The molecule has 0 radical (unpaired) electrons. The van der Waals surface area contributed by atoms with Crippen LogP contribution in [0.1, 0.15) is 21.5 Å². The second-order valence-corrected chi connectivity index (χ2v) is 9.59. The smallest absolute Gasteiger partial charge is 0.343 e. The lowest BCUT2D eigenvalue weighted by atomic mass is 10.1. The summed E-state index contributed by atoms with van der Waals surface area (Å²) in [6.07, 6.45) is 1.51. The van der Waals surface area contributed by atoms with Crippen molar-refractivity contribution in [2.24, 2.45) is 0 Å². The highest BCUT2D eigenvalue weighted by Gasteiger charge is 2.36. The van der Waals surface area contributed by atoms with Gasteiger partial charge in [-0.15, -0.1) is 0 Å². The minimum absolute atomic E-state index is 0.0657. The zero-order chi connectivity index (χ0) is 25.1. The number of methoxy groups -OCH3 is 1. The average molecular weight is 577 g/mol. The third-order valence-electron chi connectivity index (χ3n) is 5.00. The Morgan fingerprint density at radius 1 is 1.11 bits per heavy atom. The number of benzene rings is 3. The van der Waals surface area contributed by atoms with E-state index in [0.29, 0.717) is 11.1 Å². The molecule has 10 heteroatoms. The van der Waals surface area contributed by atoms with Crippen molar-refractivity contribution in [3.63, 3.8) is 0 Å². The lowest BCUT2D eigenvalue weighted by Gasteiger charge is -2.14. The molecular formula is C25H16BrClFNO5S. The van der Waals surface area contributed by atoms with E-state index in [0.717, 1.165) is 21.1 Å². The first kappa shape index (κ1) is 25.0. The second kappa shape index (κ2) is 10.6. The number of amides is 2. The van der Waals surface area contributed by atoms with Crippen LogP contribution in [-0.2, 0) is 11.3 Å². The number of imide groups is 1. The largest absolute Gasteiger partial charge is 0.493 e. The van der Waals surface area contributed by atoms with Gasteiger partial charge in [0.2, 0.25) is 0 Å². The van der Waals surface area contributed by atoms with Gasteiger partial charge < -0.3 is 9.47 Å². The minimum Gasteiger partial charge on any atom is -0.493 e. The predicted octanol–water partition coefficient (Wildman–Crippen LogP) is 6.71. The Morgan fingerprint density at radius 2 is 1.89 bits per heavy atom. The highest BCUT2D eigenvalue weighted by molar-refractivity contribution is 9.10. The molecule has 0 unspecified atom stereocenters. The number of carbonyl (C=O) groups excluding carboxylic acids is 3. The molecule has 178 valence electrons. The van der Waals surface area contributed by atoms with Crippen LogP contribution in [0.4, 0.5) is 9.18 Å². The van der Waals surface area contributed by atoms with Crippen LogP contribution in [0.15, 0.2) is 70.0 Å². The van der Waals surface area contributed by atoms with Crippen LogP contribution in [0.2, 0.25) is 5.02 Å². The summed E-state index contributed by atoms with van der Waals surface area (Å²) in [4.78, 5) is 38.9. The van der Waals surface area contributed by atoms with Gasteiger partial charge in [-0.2, -0.15) is 0 Å². The van der Waals surface area contributed by atoms with Crippen molar-refractivity contribution in [2.45, 2.75) is 6.54 Å². The summed E-state index contributed by atoms with van der Waals surface area (Å²) in [5, 5.41) is -0.405. The summed E-state index contributed by atoms with van der Waals surface area (Å²) in [5.41, 5.74) is 0.962. The zero-order valence-corrected chi connectivity index (χ0v) is 21.2. The number of rotatable bonds is 6. The van der Waals surface area contributed by atoms with Crippen molar-refractivity contribution < 1.29 is 28.2 Å². The lowest BCUT2D eigenvalue weighted by Crippen LogP contribution is -2.28. The van der Waals surface area contributed by atoms with Gasteiger partial charge >= 0.3 is 5.97 Å². The first-order chi connectivity index (χ1) is 16.8. The van der Waals surface area contributed by atoms with E-state index < -0.39 is 22.9 Å². The van der Waals surface area contributed by atoms with E-state index in [1.54, 1.807) is 36.4 Å². The van der Waals surface area contributed by atoms with Gasteiger partial charge in [0.1, 0.15) is 5.82 Å². The number of nitrogens with zero attached hydrogens (tertiary/aromatic N) is 1. The maximum absolute atomic E-state index is 14.1. The zero-order valence-electron chi connectivity index (χ0n) is 18.1. The number of halogens is 3. The summed E-state index contributed by atoms with van der Waals surface area (Å²) in [7, 11) is 1.42. The second-order valence-electron chi connectivity index (χ2n) is 7.28. The van der Waals surface area contributed by atoms with Crippen LogP contribution in [-0.4, -0.2) is 29.1 Å². The molecule has 0 spiro atoms. The maximum atomic E-state index is 14.1. The van der Waals surface area contributed by atoms with Crippen molar-refractivity contribution in [1.82, 2.24) is 4.90 Å². The quantitative estimate of drug-likeness (QED) is 0.185. The van der Waals surface area contributed by atoms with Gasteiger partial charge in [-0.05, 0) is 65.9 Å². The third kappa shape index (κ3) is 5.58. The molecule has 0 atom stereocenters. The molecule has 0 saturated carbocycles. The van der Waals surface area contributed by atoms with Crippen LogP contribution in [0.3, 0.4) is 0 Å². The van der Waals surface area contributed by atoms with Crippen LogP contribution >= 0.6 is 39.3 Å². The Bertz CT molecular complexity index is 1360. The van der Waals surface area contributed by atoms with Crippen LogP contribution < -0.4 is 9.47 Å². The Hall–Kier alpha value is -3.14. The average Bonchev–Trinajstić information content (AvgIpc) is 3.09. The van der Waals surface area contributed by atoms with Crippen molar-refractivity contribution in [3.8, 4) is 11.5 Å². The number of hydrogen-bond acceptors (Lipinski definition) is 6. The number of esters is 1. The van der Waals surface area contributed by atoms with Crippen LogP contribution in [0.25, 0.3) is 6.08 Å². The number of carbonyl (C=O) groups is 3. The molecule has 2 amide bonds. The molecule has 0 aliphatic carbocycles. The van der Waals surface area contributed by atoms with Gasteiger partial charge in [0.25, 0.3) is 11.1 Å². The molecule has 35 heavy (non-hydrogen) atoms. The van der Waals surface area contributed by atoms with E-state index in [1.807, 2.05) is 0 Å². The monoisotopic (exact) mass is 575 g/mol. The van der Waals surface area contributed by atoms with E-state index in [9.17, 15) is 18.8 Å². The number of ether oxygens (including phenoxy) is 2. The molecule has 0 bridgehead atoms. The van der Waals surface area contributed by atoms with Crippen molar-refractivity contribution in [1.29, 1.82) is 0 Å². The van der Waals surface area contributed by atoms with E-state index in [4.69, 9.17) is 21.1 Å². The molecule has 0 aromatic heterocycles. The lowest BCUT2D eigenvalue weighted by molar-refractivity contribution is -0.123. The van der Waals surface area contributed by atoms with E-state index >= 15 is 0 Å². The van der Waals surface area contributed by atoms with Crippen molar-refractivity contribution >= 4 is 62.5 Å². The van der Waals surface area contributed by atoms with E-state index in [1.165, 1.54) is 37.5 Å². The Labute approximate surface area is 217 Å². The third-order valence-corrected chi connectivity index (χ3v) is 6.75. The molecule has 0 N–H and O–H groups in total. The molecule has 1 fully saturated rings. The van der Waals surface area contributed by atoms with E-state index in [-0.39, 0.29) is 33.5 Å². The summed E-state index contributed by atoms with van der Waals surface area (Å²) < 4.78 is 25.7. The normalized spacial score (nSPS) is 14.5. The fourth-order valence-corrected chi connectivity index (χ4v) is 4.72. The first-order valence-electron chi connectivity index (χ1n) is 10.1. The fourth-order valence-electron chi connectivity index (χ4n) is 3.26. The highest BCUT2D eigenvalue weighted by atomic mass is 79.9. The number of hydrogen-bond donors (Lipinski definition) is 0. The molecule has 1 heterocycles. The molecule has 3 aromatic carbocycles. The minimum atomic E-state index is -0.599. The van der Waals surface area contributed by atoms with Gasteiger partial charge in [-0.3, -0.25) is 14.5 Å². The number of thioether (sulfide) groups is 1.